The Morgan fingerprint density at radius 3 is 2.62 bits per heavy atom. The van der Waals surface area contributed by atoms with Crippen LogP contribution in [0.5, 0.6) is 0 Å². The van der Waals surface area contributed by atoms with E-state index in [1.165, 1.54) is 34.1 Å². The monoisotopic (exact) mass is 563 g/mol. The zero-order valence-electron chi connectivity index (χ0n) is 21.3. The minimum Gasteiger partial charge on any atom is -0.395 e. The van der Waals surface area contributed by atoms with Crippen molar-refractivity contribution in [2.45, 2.75) is 38.1 Å². The Kier molecular flexibility index (Phi) is 7.19. The van der Waals surface area contributed by atoms with Gasteiger partial charge in [-0.05, 0) is 78.1 Å². The van der Waals surface area contributed by atoms with E-state index in [0.717, 1.165) is 41.9 Å². The first-order valence-electron chi connectivity index (χ1n) is 12.7. The van der Waals surface area contributed by atoms with Crippen LogP contribution in [0.15, 0.2) is 60.3 Å². The fraction of sp³-hybridized carbons (Fsp3) is 0.393. The number of allylic oxidation sites excluding steroid dienone is 1. The summed E-state index contributed by atoms with van der Waals surface area (Å²) in [7, 11) is -4.01. The third-order valence-corrected chi connectivity index (χ3v) is 9.81. The molecule has 1 saturated carbocycles. The van der Waals surface area contributed by atoms with Gasteiger partial charge in [0.15, 0.2) is 0 Å². The molecule has 1 aromatic heterocycles. The molecule has 1 heterocycles. The Labute approximate surface area is 224 Å². The molecule has 2 atom stereocenters. The molecule has 39 heavy (non-hydrogen) atoms. The van der Waals surface area contributed by atoms with Gasteiger partial charge in [0.25, 0.3) is 0 Å². The Balaban J connectivity index is 1.38. The average Bonchev–Trinajstić information content (AvgIpc) is 3.41. The molecular formula is C28H29F4N3O3S. The highest BCUT2D eigenvalue weighted by molar-refractivity contribution is 7.88. The van der Waals surface area contributed by atoms with Crippen LogP contribution in [0.2, 0.25) is 0 Å². The highest BCUT2D eigenvalue weighted by Gasteiger charge is 2.47. The van der Waals surface area contributed by atoms with Crippen LogP contribution < -0.4 is 0 Å². The van der Waals surface area contributed by atoms with Gasteiger partial charge in [-0.3, -0.25) is 0 Å². The van der Waals surface area contributed by atoms with Crippen molar-refractivity contribution in [3.8, 4) is 5.69 Å². The first-order chi connectivity index (χ1) is 18.4. The largest absolute Gasteiger partial charge is 0.416 e. The Bertz CT molecular complexity index is 1500. The fourth-order valence-electron chi connectivity index (χ4n) is 5.85. The smallest absolute Gasteiger partial charge is 0.395 e. The number of aromatic nitrogens is 2. The van der Waals surface area contributed by atoms with E-state index in [1.54, 1.807) is 23.0 Å². The number of sulfonamides is 1. The Hall–Kier alpha value is -3.02. The molecule has 0 saturated heterocycles. The number of hydrogen-bond donors (Lipinski definition) is 1. The zero-order valence-corrected chi connectivity index (χ0v) is 22.1. The number of hydrogen-bond acceptors (Lipinski definition) is 4. The molecule has 0 unspecified atom stereocenters. The van der Waals surface area contributed by atoms with Crippen LogP contribution >= 0.6 is 0 Å². The SMILES string of the molecule is C[C@]12Cc3cnn(-c4ccc(F)cc4)c3C=C1CC[C@@H]2CN(CCO)S(=O)(=O)Cc1cccc(C(F)(F)F)c1. The number of halogens is 4. The molecule has 3 aromatic rings. The molecule has 0 bridgehead atoms. The van der Waals surface area contributed by atoms with Crippen molar-refractivity contribution in [2.75, 3.05) is 19.7 Å². The molecule has 208 valence electrons. The second-order valence-electron chi connectivity index (χ2n) is 10.5. The van der Waals surface area contributed by atoms with Gasteiger partial charge in [-0.1, -0.05) is 30.7 Å². The van der Waals surface area contributed by atoms with Gasteiger partial charge in [0.1, 0.15) is 5.82 Å². The molecule has 5 rings (SSSR count). The van der Waals surface area contributed by atoms with Gasteiger partial charge >= 0.3 is 6.18 Å². The second-order valence-corrected chi connectivity index (χ2v) is 12.4. The molecule has 6 nitrogen and oxygen atoms in total. The lowest BCUT2D eigenvalue weighted by Crippen LogP contribution is -2.42. The zero-order chi connectivity index (χ0) is 28.0. The maximum atomic E-state index is 13.4. The van der Waals surface area contributed by atoms with Gasteiger partial charge in [-0.2, -0.15) is 22.6 Å². The summed E-state index contributed by atoms with van der Waals surface area (Å²) in [6.07, 6.45) is 1.43. The predicted octanol–water partition coefficient (Wildman–Crippen LogP) is 5.21. The van der Waals surface area contributed by atoms with E-state index < -0.39 is 34.1 Å². The number of aliphatic hydroxyl groups is 1. The Morgan fingerprint density at radius 2 is 1.92 bits per heavy atom. The van der Waals surface area contributed by atoms with Crippen molar-refractivity contribution in [2.24, 2.45) is 11.3 Å². The highest BCUT2D eigenvalue weighted by Crippen LogP contribution is 2.53. The molecule has 0 spiro atoms. The van der Waals surface area contributed by atoms with Crippen LogP contribution in [-0.2, 0) is 28.4 Å². The third-order valence-electron chi connectivity index (χ3n) is 7.99. The van der Waals surface area contributed by atoms with Gasteiger partial charge in [0, 0.05) is 13.1 Å². The van der Waals surface area contributed by atoms with E-state index in [0.29, 0.717) is 6.42 Å². The van der Waals surface area contributed by atoms with Crippen molar-refractivity contribution < 1.29 is 31.1 Å². The van der Waals surface area contributed by atoms with Gasteiger partial charge in [0.05, 0.1) is 35.5 Å². The predicted molar refractivity (Wildman–Crippen MR) is 139 cm³/mol. The van der Waals surface area contributed by atoms with E-state index >= 15 is 0 Å². The second kappa shape index (κ2) is 10.2. The fourth-order valence-corrected chi connectivity index (χ4v) is 7.41. The standard InChI is InChI=1S/C28H29F4N3O3S/c1-27-15-20-16-33-35(25-9-7-24(29)8-10-25)26(20)14-21(27)5-6-23(27)17-34(11-12-36)39(37,38)18-19-3-2-4-22(13-19)28(30,31)32/h2-4,7-10,13-14,16,23,36H,5-6,11-12,15,17-18H2,1H3/t23-,27+/m1/s1. The number of rotatable bonds is 8. The van der Waals surface area contributed by atoms with Gasteiger partial charge in [0.2, 0.25) is 10.0 Å². The molecule has 2 aliphatic rings. The molecule has 0 radical (unpaired) electrons. The Morgan fingerprint density at radius 1 is 1.18 bits per heavy atom. The summed E-state index contributed by atoms with van der Waals surface area (Å²) in [6, 6.07) is 10.4. The number of benzene rings is 2. The molecule has 0 aliphatic heterocycles. The number of alkyl halides is 3. The molecule has 0 amide bonds. The maximum absolute atomic E-state index is 13.4. The van der Waals surface area contributed by atoms with Crippen molar-refractivity contribution in [1.82, 2.24) is 14.1 Å². The third kappa shape index (κ3) is 5.39. The maximum Gasteiger partial charge on any atom is 0.416 e. The first-order valence-corrected chi connectivity index (χ1v) is 14.3. The highest BCUT2D eigenvalue weighted by atomic mass is 32.2. The van der Waals surface area contributed by atoms with E-state index in [-0.39, 0.29) is 35.8 Å². The van der Waals surface area contributed by atoms with E-state index in [2.05, 4.69) is 18.1 Å². The van der Waals surface area contributed by atoms with E-state index in [1.807, 2.05) is 0 Å². The molecule has 1 N–H and O–H groups in total. The average molecular weight is 564 g/mol. The summed E-state index contributed by atoms with van der Waals surface area (Å²) in [5.41, 5.74) is 2.62. The first kappa shape index (κ1) is 27.5. The van der Waals surface area contributed by atoms with E-state index in [4.69, 9.17) is 0 Å². The van der Waals surface area contributed by atoms with Crippen LogP contribution in [0.25, 0.3) is 11.8 Å². The van der Waals surface area contributed by atoms with Crippen LogP contribution in [0, 0.1) is 17.2 Å². The lowest BCUT2D eigenvalue weighted by Gasteiger charge is -2.38. The summed E-state index contributed by atoms with van der Waals surface area (Å²) >= 11 is 0. The van der Waals surface area contributed by atoms with Crippen LogP contribution in [-0.4, -0.2) is 47.3 Å². The number of fused-ring (bicyclic) bond motifs is 2. The molecular weight excluding hydrogens is 534 g/mol. The summed E-state index contributed by atoms with van der Waals surface area (Å²) in [5, 5.41) is 14.2. The van der Waals surface area contributed by atoms with Crippen molar-refractivity contribution in [1.29, 1.82) is 0 Å². The number of aliphatic hydroxyl groups excluding tert-OH is 1. The normalized spacial score (nSPS) is 21.1. The molecule has 2 aliphatic carbocycles. The van der Waals surface area contributed by atoms with Gasteiger partial charge < -0.3 is 5.11 Å². The van der Waals surface area contributed by atoms with Gasteiger partial charge in [-0.25, -0.2) is 17.5 Å². The minimum absolute atomic E-state index is 0.0431. The van der Waals surface area contributed by atoms with Crippen molar-refractivity contribution in [3.63, 3.8) is 0 Å². The van der Waals surface area contributed by atoms with Crippen molar-refractivity contribution >= 4 is 16.1 Å². The lowest BCUT2D eigenvalue weighted by atomic mass is 9.70. The molecule has 2 aromatic carbocycles. The van der Waals surface area contributed by atoms with Crippen LogP contribution in [0.1, 0.15) is 42.1 Å². The van der Waals surface area contributed by atoms with Gasteiger partial charge in [-0.15, -0.1) is 0 Å². The summed E-state index contributed by atoms with van der Waals surface area (Å²) in [4.78, 5) is 0. The summed E-state index contributed by atoms with van der Waals surface area (Å²) in [6.45, 7) is 1.71. The van der Waals surface area contributed by atoms with Crippen molar-refractivity contribution in [3.05, 3.63) is 88.5 Å². The van der Waals surface area contributed by atoms with Crippen LogP contribution in [0.4, 0.5) is 17.6 Å². The summed E-state index contributed by atoms with van der Waals surface area (Å²) in [5.74, 6) is -0.980. The van der Waals surface area contributed by atoms with Crippen LogP contribution in [0.3, 0.4) is 0 Å². The minimum atomic E-state index is -4.57. The quantitative estimate of drug-likeness (QED) is 0.382. The molecule has 11 heteroatoms. The van der Waals surface area contributed by atoms with E-state index in [9.17, 15) is 31.1 Å². The topological polar surface area (TPSA) is 75.4 Å². The lowest BCUT2D eigenvalue weighted by molar-refractivity contribution is -0.137. The summed E-state index contributed by atoms with van der Waals surface area (Å²) < 4.78 is 82.6. The molecule has 1 fully saturated rings. The number of nitrogens with zero attached hydrogens (tertiary/aromatic N) is 3.